The second-order valence-electron chi connectivity index (χ2n) is 7.22. The van der Waals surface area contributed by atoms with Crippen molar-refractivity contribution in [2.45, 2.75) is 53.4 Å². The number of nitrogens with one attached hydrogen (secondary N) is 3. The molecule has 0 aliphatic carbocycles. The van der Waals surface area contributed by atoms with E-state index in [2.05, 4.69) is 41.6 Å². The molecule has 1 heterocycles. The molecule has 1 aromatic heterocycles. The number of carbonyl (C=O) groups is 2. The van der Waals surface area contributed by atoms with Gasteiger partial charge >= 0.3 is 0 Å². The largest absolute Gasteiger partial charge is 0.355 e. The smallest absolute Gasteiger partial charge is 0.227 e. The van der Waals surface area contributed by atoms with E-state index in [1.807, 2.05) is 26.8 Å². The van der Waals surface area contributed by atoms with Gasteiger partial charge in [-0.2, -0.15) is 5.10 Å². The quantitative estimate of drug-likeness (QED) is 0.795. The molecule has 0 spiro atoms. The molecule has 1 aromatic rings. The maximum absolute atomic E-state index is 11.8. The van der Waals surface area contributed by atoms with Gasteiger partial charge in [-0.05, 0) is 0 Å². The van der Waals surface area contributed by atoms with Crippen LogP contribution in [0.4, 0.5) is 5.82 Å². The highest BCUT2D eigenvalue weighted by atomic mass is 16.2. The highest BCUT2D eigenvalue weighted by Crippen LogP contribution is 2.21. The normalized spacial score (nSPS) is 12.1. The first-order valence-electron chi connectivity index (χ1n) is 7.14. The van der Waals surface area contributed by atoms with Crippen molar-refractivity contribution in [2.24, 2.45) is 5.41 Å². The summed E-state index contributed by atoms with van der Waals surface area (Å²) in [5.74, 6) is 0.272. The topological polar surface area (TPSA) is 86.9 Å². The van der Waals surface area contributed by atoms with Gasteiger partial charge in [-0.25, -0.2) is 0 Å². The molecule has 6 heteroatoms. The Balaban J connectivity index is 2.41. The van der Waals surface area contributed by atoms with Gasteiger partial charge in [0.25, 0.3) is 0 Å². The van der Waals surface area contributed by atoms with Crippen LogP contribution in [0.1, 0.15) is 53.7 Å². The summed E-state index contributed by atoms with van der Waals surface area (Å²) in [5.41, 5.74) is 0.468. The number of aromatic amines is 1. The van der Waals surface area contributed by atoms with E-state index >= 15 is 0 Å². The fourth-order valence-electron chi connectivity index (χ4n) is 1.53. The molecule has 0 bridgehead atoms. The number of hydrogen-bond donors (Lipinski definition) is 3. The third kappa shape index (κ3) is 5.57. The van der Waals surface area contributed by atoms with E-state index in [1.165, 1.54) is 0 Å². The van der Waals surface area contributed by atoms with Crippen molar-refractivity contribution >= 4 is 17.6 Å². The van der Waals surface area contributed by atoms with Crippen LogP contribution >= 0.6 is 0 Å². The molecule has 0 aromatic carbocycles. The number of H-pyrrole nitrogens is 1. The van der Waals surface area contributed by atoms with Crippen molar-refractivity contribution in [3.63, 3.8) is 0 Å². The van der Waals surface area contributed by atoms with Gasteiger partial charge in [-0.15, -0.1) is 0 Å². The summed E-state index contributed by atoms with van der Waals surface area (Å²) >= 11 is 0. The van der Waals surface area contributed by atoms with Gasteiger partial charge in [-0.3, -0.25) is 14.7 Å². The van der Waals surface area contributed by atoms with Crippen molar-refractivity contribution in [3.8, 4) is 0 Å². The Morgan fingerprint density at radius 2 is 1.81 bits per heavy atom. The lowest BCUT2D eigenvalue weighted by Crippen LogP contribution is -2.36. The minimum Gasteiger partial charge on any atom is -0.355 e. The monoisotopic (exact) mass is 294 g/mol. The van der Waals surface area contributed by atoms with E-state index in [1.54, 1.807) is 0 Å². The van der Waals surface area contributed by atoms with Crippen LogP contribution in [0.3, 0.4) is 0 Å². The number of aromatic nitrogens is 2. The minimum absolute atomic E-state index is 0.0450. The number of amides is 2. The highest BCUT2D eigenvalue weighted by molar-refractivity contribution is 5.90. The first kappa shape index (κ1) is 17.2. The Morgan fingerprint density at radius 3 is 2.29 bits per heavy atom. The minimum atomic E-state index is -0.444. The average Bonchev–Trinajstić information content (AvgIpc) is 2.75. The fourth-order valence-corrected chi connectivity index (χ4v) is 1.53. The standard InChI is InChI=1S/C15H26N4O2/c1-14(2,3)10-9-11(19-18-10)17-12(20)7-8-16-13(21)15(4,5)6/h9H,7-8H2,1-6H3,(H,16,21)(H2,17,18,19,20). The summed E-state index contributed by atoms with van der Waals surface area (Å²) < 4.78 is 0. The Bertz CT molecular complexity index is 506. The lowest BCUT2D eigenvalue weighted by Gasteiger charge is -2.17. The van der Waals surface area contributed by atoms with E-state index in [4.69, 9.17) is 0 Å². The maximum atomic E-state index is 11.8. The number of hydrogen-bond acceptors (Lipinski definition) is 3. The second kappa shape index (κ2) is 6.28. The van der Waals surface area contributed by atoms with E-state index in [0.717, 1.165) is 5.69 Å². The Morgan fingerprint density at radius 1 is 1.19 bits per heavy atom. The predicted octanol–water partition coefficient (Wildman–Crippen LogP) is 2.20. The molecule has 0 saturated heterocycles. The summed E-state index contributed by atoms with van der Waals surface area (Å²) in [6.45, 7) is 12.0. The number of carbonyl (C=O) groups excluding carboxylic acids is 2. The van der Waals surface area contributed by atoms with Gasteiger partial charge in [-0.1, -0.05) is 41.5 Å². The molecular weight excluding hydrogens is 268 g/mol. The molecule has 3 N–H and O–H groups in total. The van der Waals surface area contributed by atoms with Crippen LogP contribution in [0, 0.1) is 5.41 Å². The highest BCUT2D eigenvalue weighted by Gasteiger charge is 2.21. The van der Waals surface area contributed by atoms with Crippen LogP contribution in [-0.4, -0.2) is 28.6 Å². The van der Waals surface area contributed by atoms with Crippen molar-refractivity contribution < 1.29 is 9.59 Å². The first-order chi connectivity index (χ1) is 9.50. The molecule has 0 unspecified atom stereocenters. The Kier molecular flexibility index (Phi) is 5.15. The van der Waals surface area contributed by atoms with E-state index in [-0.39, 0.29) is 23.7 Å². The molecule has 2 amide bonds. The zero-order chi connectivity index (χ0) is 16.3. The van der Waals surface area contributed by atoms with Crippen LogP contribution in [0.2, 0.25) is 0 Å². The zero-order valence-corrected chi connectivity index (χ0v) is 13.8. The van der Waals surface area contributed by atoms with Gasteiger partial charge in [0.2, 0.25) is 11.8 Å². The third-order valence-electron chi connectivity index (χ3n) is 2.97. The molecule has 0 aliphatic heterocycles. The molecule has 21 heavy (non-hydrogen) atoms. The molecule has 0 saturated carbocycles. The maximum Gasteiger partial charge on any atom is 0.227 e. The summed E-state index contributed by atoms with van der Waals surface area (Å²) in [6, 6.07) is 1.83. The molecular formula is C15H26N4O2. The summed E-state index contributed by atoms with van der Waals surface area (Å²) in [7, 11) is 0. The second-order valence-corrected chi connectivity index (χ2v) is 7.22. The summed E-state index contributed by atoms with van der Waals surface area (Å²) in [6.07, 6.45) is 0.222. The van der Waals surface area contributed by atoms with Crippen LogP contribution in [0.25, 0.3) is 0 Å². The lowest BCUT2D eigenvalue weighted by atomic mass is 9.92. The molecule has 0 fully saturated rings. The number of anilines is 1. The van der Waals surface area contributed by atoms with Crippen LogP contribution < -0.4 is 10.6 Å². The predicted molar refractivity (Wildman–Crippen MR) is 83.0 cm³/mol. The molecule has 6 nitrogen and oxygen atoms in total. The fraction of sp³-hybridized carbons (Fsp3) is 0.667. The molecule has 0 atom stereocenters. The van der Waals surface area contributed by atoms with Gasteiger partial charge in [0.15, 0.2) is 5.82 Å². The lowest BCUT2D eigenvalue weighted by molar-refractivity contribution is -0.128. The average molecular weight is 294 g/mol. The molecule has 1 rings (SSSR count). The SMILES string of the molecule is CC(C)(C)C(=O)NCCC(=O)Nc1cc(C(C)(C)C)[nH]n1. The van der Waals surface area contributed by atoms with Crippen molar-refractivity contribution in [1.29, 1.82) is 0 Å². The van der Waals surface area contributed by atoms with Gasteiger partial charge < -0.3 is 10.6 Å². The first-order valence-corrected chi connectivity index (χ1v) is 7.14. The molecule has 0 aliphatic rings. The van der Waals surface area contributed by atoms with Crippen LogP contribution in [0.5, 0.6) is 0 Å². The van der Waals surface area contributed by atoms with Crippen molar-refractivity contribution in [2.75, 3.05) is 11.9 Å². The molecule has 0 radical (unpaired) electrons. The Labute approximate surface area is 126 Å². The van der Waals surface area contributed by atoms with Crippen LogP contribution in [0.15, 0.2) is 6.07 Å². The number of rotatable bonds is 4. The zero-order valence-electron chi connectivity index (χ0n) is 13.8. The van der Waals surface area contributed by atoms with Gasteiger partial charge in [0.05, 0.1) is 0 Å². The van der Waals surface area contributed by atoms with E-state index in [0.29, 0.717) is 12.4 Å². The van der Waals surface area contributed by atoms with Gasteiger partial charge in [0.1, 0.15) is 0 Å². The Hall–Kier alpha value is -1.85. The third-order valence-corrected chi connectivity index (χ3v) is 2.97. The van der Waals surface area contributed by atoms with Crippen molar-refractivity contribution in [1.82, 2.24) is 15.5 Å². The van der Waals surface area contributed by atoms with Crippen molar-refractivity contribution in [3.05, 3.63) is 11.8 Å². The number of nitrogens with zero attached hydrogens (tertiary/aromatic N) is 1. The summed E-state index contributed by atoms with van der Waals surface area (Å²) in [5, 5.41) is 12.4. The van der Waals surface area contributed by atoms with Crippen LogP contribution in [-0.2, 0) is 15.0 Å². The van der Waals surface area contributed by atoms with Gasteiger partial charge in [0, 0.05) is 35.6 Å². The molecule has 118 valence electrons. The van der Waals surface area contributed by atoms with E-state index < -0.39 is 5.41 Å². The van der Waals surface area contributed by atoms with E-state index in [9.17, 15) is 9.59 Å². The summed E-state index contributed by atoms with van der Waals surface area (Å²) in [4.78, 5) is 23.4.